The molecule has 1 N–H and O–H groups in total. The molecular weight excluding hydrogens is 366 g/mol. The fourth-order valence-electron chi connectivity index (χ4n) is 3.46. The van der Waals surface area contributed by atoms with E-state index < -0.39 is 0 Å². The first-order chi connectivity index (χ1) is 13.0. The van der Waals surface area contributed by atoms with Crippen LogP contribution in [0.5, 0.6) is 5.75 Å². The van der Waals surface area contributed by atoms with Gasteiger partial charge in [-0.05, 0) is 67.0 Å². The third kappa shape index (κ3) is 4.36. The van der Waals surface area contributed by atoms with E-state index >= 15 is 0 Å². The van der Waals surface area contributed by atoms with E-state index in [2.05, 4.69) is 10.4 Å². The molecule has 0 bridgehead atoms. The molecule has 2 heterocycles. The average molecular weight is 393 g/mol. The van der Waals surface area contributed by atoms with Gasteiger partial charge in [-0.15, -0.1) is 0 Å². The molecule has 0 aliphatic carbocycles. The topological polar surface area (TPSA) is 75.6 Å². The van der Waals surface area contributed by atoms with Crippen LogP contribution in [0.25, 0.3) is 5.69 Å². The first kappa shape index (κ1) is 19.5. The van der Waals surface area contributed by atoms with Crippen LogP contribution in [0.2, 0.25) is 0 Å². The van der Waals surface area contributed by atoms with Gasteiger partial charge in [-0.1, -0.05) is 6.07 Å². The molecule has 1 aliphatic rings. The summed E-state index contributed by atoms with van der Waals surface area (Å²) in [6.07, 6.45) is 1.85. The van der Waals surface area contributed by atoms with E-state index in [4.69, 9.17) is 21.7 Å². The molecule has 0 radical (unpaired) electrons. The summed E-state index contributed by atoms with van der Waals surface area (Å²) in [7, 11) is 1.62. The van der Waals surface area contributed by atoms with Crippen molar-refractivity contribution in [2.24, 2.45) is 5.92 Å². The Balaban J connectivity index is 1.77. The number of ether oxygens (including phenoxy) is 2. The number of nitrogens with one attached hydrogen (secondary N) is 1. The monoisotopic (exact) mass is 392 g/mol. The predicted octanol–water partition coefficient (Wildman–Crippen LogP) is 0.931. The number of methoxy groups -OCH3 is 1. The lowest BCUT2D eigenvalue weighted by molar-refractivity contribution is -0.930. The Hall–Kier alpha value is -2.26. The van der Waals surface area contributed by atoms with Crippen LogP contribution in [0, 0.1) is 17.6 Å². The Kier molecular flexibility index (Phi) is 6.22. The Labute approximate surface area is 163 Å². The van der Waals surface area contributed by atoms with Crippen molar-refractivity contribution in [3.8, 4) is 11.4 Å². The van der Waals surface area contributed by atoms with Crippen molar-refractivity contribution < 1.29 is 19.2 Å². The highest BCUT2D eigenvalue weighted by atomic mass is 32.1. The molecule has 146 valence electrons. The minimum atomic E-state index is -0.105. The Morgan fingerprint density at radius 2 is 2.22 bits per heavy atom. The largest absolute Gasteiger partial charge is 0.494 e. The minimum absolute atomic E-state index is 0.0604. The van der Waals surface area contributed by atoms with Crippen LogP contribution in [-0.4, -0.2) is 52.6 Å². The molecule has 1 unspecified atom stereocenters. The van der Waals surface area contributed by atoms with E-state index in [1.165, 1.54) is 4.90 Å². The number of esters is 1. The molecule has 9 heteroatoms. The van der Waals surface area contributed by atoms with Crippen molar-refractivity contribution in [2.75, 3.05) is 26.8 Å². The van der Waals surface area contributed by atoms with E-state index in [0.717, 1.165) is 37.2 Å². The third-order valence-corrected chi connectivity index (χ3v) is 5.20. The second kappa shape index (κ2) is 8.62. The summed E-state index contributed by atoms with van der Waals surface area (Å²) in [4.78, 5) is 13.3. The number of nitrogens with zero attached hydrogens (tertiary/aromatic N) is 4. The number of likely N-dealkylation sites (tertiary alicyclic amines) is 1. The number of hydrogen-bond donors (Lipinski definition) is 1. The van der Waals surface area contributed by atoms with Gasteiger partial charge in [0, 0.05) is 0 Å². The molecule has 1 fully saturated rings. The van der Waals surface area contributed by atoms with E-state index in [9.17, 15) is 4.79 Å². The highest BCUT2D eigenvalue weighted by molar-refractivity contribution is 7.71. The molecule has 3 rings (SSSR count). The maximum absolute atomic E-state index is 12.0. The van der Waals surface area contributed by atoms with Gasteiger partial charge in [0.25, 0.3) is 0 Å². The van der Waals surface area contributed by atoms with Crippen LogP contribution in [-0.2, 0) is 16.2 Å². The van der Waals surface area contributed by atoms with Crippen LogP contribution >= 0.6 is 12.2 Å². The summed E-state index contributed by atoms with van der Waals surface area (Å²) in [5.74, 6) is 0.526. The number of carbonyl (C=O) groups is 1. The summed E-state index contributed by atoms with van der Waals surface area (Å²) >= 11 is 5.59. The molecule has 0 spiro atoms. The van der Waals surface area contributed by atoms with E-state index in [1.807, 2.05) is 32.0 Å². The van der Waals surface area contributed by atoms with Crippen LogP contribution < -0.4 is 9.64 Å². The van der Waals surface area contributed by atoms with Gasteiger partial charge in [-0.3, -0.25) is 4.79 Å². The van der Waals surface area contributed by atoms with Crippen LogP contribution in [0.4, 0.5) is 0 Å². The Morgan fingerprint density at radius 1 is 1.41 bits per heavy atom. The van der Waals surface area contributed by atoms with E-state index in [0.29, 0.717) is 23.8 Å². The number of benzene rings is 1. The third-order valence-electron chi connectivity index (χ3n) is 4.81. The van der Waals surface area contributed by atoms with Crippen molar-refractivity contribution in [1.29, 1.82) is 0 Å². The van der Waals surface area contributed by atoms with Crippen molar-refractivity contribution in [3.63, 3.8) is 0 Å². The highest BCUT2D eigenvalue weighted by Gasteiger charge is 2.30. The zero-order valence-electron chi connectivity index (χ0n) is 16.0. The fraction of sp³-hybridized carbons (Fsp3) is 0.556. The van der Waals surface area contributed by atoms with Gasteiger partial charge in [-0.2, -0.15) is 9.36 Å². The lowest BCUT2D eigenvalue weighted by Gasteiger charge is -2.28. The van der Waals surface area contributed by atoms with Crippen molar-refractivity contribution >= 4 is 18.2 Å². The SMILES string of the molecule is CCOC(=O)[C@H]1CCC[NH+](Cn2nnn(-c3cc(C)ccc3OC)c2=S)C1. The maximum atomic E-state index is 12.0. The summed E-state index contributed by atoms with van der Waals surface area (Å²) in [5, 5.41) is 8.46. The molecule has 1 aliphatic heterocycles. The highest BCUT2D eigenvalue weighted by Crippen LogP contribution is 2.23. The molecular formula is C18H26N5O3S+. The first-order valence-electron chi connectivity index (χ1n) is 9.21. The number of rotatable bonds is 6. The van der Waals surface area contributed by atoms with Gasteiger partial charge < -0.3 is 14.4 Å². The van der Waals surface area contributed by atoms with Gasteiger partial charge >= 0.3 is 5.97 Å². The van der Waals surface area contributed by atoms with E-state index in [1.54, 1.807) is 16.5 Å². The van der Waals surface area contributed by atoms with Crippen LogP contribution in [0.15, 0.2) is 18.2 Å². The maximum Gasteiger partial charge on any atom is 0.314 e. The summed E-state index contributed by atoms with van der Waals surface area (Å²) in [6, 6.07) is 5.84. The molecule has 2 atom stereocenters. The van der Waals surface area contributed by atoms with Crippen molar-refractivity contribution in [1.82, 2.24) is 19.8 Å². The van der Waals surface area contributed by atoms with Crippen LogP contribution in [0.3, 0.4) is 0 Å². The molecule has 27 heavy (non-hydrogen) atoms. The molecule has 8 nitrogen and oxygen atoms in total. The number of carbonyl (C=O) groups excluding carboxylic acids is 1. The van der Waals surface area contributed by atoms with Gasteiger partial charge in [0.2, 0.25) is 4.77 Å². The summed E-state index contributed by atoms with van der Waals surface area (Å²) in [6.45, 7) is 6.53. The predicted molar refractivity (Wildman–Crippen MR) is 102 cm³/mol. The van der Waals surface area contributed by atoms with Gasteiger partial charge in [-0.25, -0.2) is 0 Å². The molecule has 1 aromatic carbocycles. The number of hydrogen-bond acceptors (Lipinski definition) is 6. The normalized spacial score (nSPS) is 19.7. The molecule has 2 aromatic rings. The second-order valence-electron chi connectivity index (χ2n) is 6.80. The zero-order valence-corrected chi connectivity index (χ0v) is 16.8. The summed E-state index contributed by atoms with van der Waals surface area (Å²) < 4.78 is 14.4. The molecule has 1 aromatic heterocycles. The first-order valence-corrected chi connectivity index (χ1v) is 9.62. The van der Waals surface area contributed by atoms with Gasteiger partial charge in [0.1, 0.15) is 17.4 Å². The van der Waals surface area contributed by atoms with Gasteiger partial charge in [0.05, 0.1) is 26.8 Å². The number of aromatic nitrogens is 4. The number of tetrazole rings is 1. The lowest BCUT2D eigenvalue weighted by Crippen LogP contribution is -3.13. The molecule has 0 amide bonds. The quantitative estimate of drug-likeness (QED) is 0.582. The number of quaternary nitrogens is 1. The van der Waals surface area contributed by atoms with Crippen molar-refractivity contribution in [2.45, 2.75) is 33.4 Å². The number of piperidine rings is 1. The Morgan fingerprint density at radius 3 is 2.96 bits per heavy atom. The average Bonchev–Trinajstić information content (AvgIpc) is 3.02. The number of aryl methyl sites for hydroxylation is 1. The van der Waals surface area contributed by atoms with Crippen molar-refractivity contribution in [3.05, 3.63) is 28.5 Å². The lowest BCUT2D eigenvalue weighted by atomic mass is 9.99. The molecule has 0 saturated carbocycles. The molecule has 1 saturated heterocycles. The summed E-state index contributed by atoms with van der Waals surface area (Å²) in [5.41, 5.74) is 1.85. The minimum Gasteiger partial charge on any atom is -0.494 e. The smallest absolute Gasteiger partial charge is 0.314 e. The van der Waals surface area contributed by atoms with Gasteiger partial charge in [0.15, 0.2) is 6.67 Å². The van der Waals surface area contributed by atoms with Crippen LogP contribution in [0.1, 0.15) is 25.3 Å². The standard InChI is InChI=1S/C18H25N5O3S/c1-4-26-17(24)14-6-5-9-21(11-14)12-22-18(27)23(20-19-22)15-10-13(2)7-8-16(15)25-3/h7-8,10,14H,4-6,9,11-12H2,1-3H3/p+1/t14-/m0/s1. The fourth-order valence-corrected chi connectivity index (χ4v) is 3.69. The zero-order chi connectivity index (χ0) is 19.4. The Bertz CT molecular complexity index is 863. The van der Waals surface area contributed by atoms with E-state index in [-0.39, 0.29) is 11.9 Å². The second-order valence-corrected chi connectivity index (χ2v) is 7.17.